The van der Waals surface area contributed by atoms with Crippen molar-refractivity contribution in [1.82, 2.24) is 0 Å². The van der Waals surface area contributed by atoms with Gasteiger partial charge in [0, 0.05) is 16.3 Å². The lowest BCUT2D eigenvalue weighted by Gasteiger charge is -2.33. The molecule has 1 spiro atoms. The first-order valence-electron chi connectivity index (χ1n) is 10.8. The van der Waals surface area contributed by atoms with E-state index in [1.54, 1.807) is 60.7 Å². The summed E-state index contributed by atoms with van der Waals surface area (Å²) in [5, 5.41) is 11.1. The summed E-state index contributed by atoms with van der Waals surface area (Å²) in [5.41, 5.74) is 5.40. The van der Waals surface area contributed by atoms with E-state index in [0.717, 1.165) is 0 Å². The van der Waals surface area contributed by atoms with Gasteiger partial charge < -0.3 is 19.8 Å². The number of para-hydroxylation sites is 2. The quantitative estimate of drug-likeness (QED) is 0.426. The van der Waals surface area contributed by atoms with E-state index >= 15 is 0 Å². The largest absolute Gasteiger partial charge is 0.439 e. The summed E-state index contributed by atoms with van der Waals surface area (Å²) in [5.74, 6) is -0.639. The Labute approximate surface area is 204 Å². The molecule has 0 saturated carbocycles. The number of ether oxygens (including phenoxy) is 1. The van der Waals surface area contributed by atoms with Crippen LogP contribution in [0, 0.1) is 11.3 Å². The Morgan fingerprint density at radius 1 is 1.00 bits per heavy atom. The molecule has 0 aliphatic carbocycles. The minimum Gasteiger partial charge on any atom is -0.439 e. The summed E-state index contributed by atoms with van der Waals surface area (Å²) >= 11 is 6.40. The van der Waals surface area contributed by atoms with E-state index < -0.39 is 16.9 Å². The van der Waals surface area contributed by atoms with Crippen LogP contribution < -0.4 is 21.0 Å². The number of nitrogens with two attached hydrogens (primary N) is 1. The molecule has 6 rings (SSSR count). The lowest BCUT2D eigenvalue weighted by atomic mass is 9.69. The molecule has 1 amide bonds. The van der Waals surface area contributed by atoms with Crippen LogP contribution in [0.2, 0.25) is 5.02 Å². The maximum atomic E-state index is 14.4. The monoisotopic (exact) mass is 481 g/mol. The van der Waals surface area contributed by atoms with E-state index in [2.05, 4.69) is 0 Å². The van der Waals surface area contributed by atoms with Gasteiger partial charge in [-0.1, -0.05) is 60.1 Å². The zero-order valence-electron chi connectivity index (χ0n) is 18.1. The molecule has 4 aromatic rings. The summed E-state index contributed by atoms with van der Waals surface area (Å²) in [6, 6.07) is 23.1. The van der Waals surface area contributed by atoms with Crippen LogP contribution in [0.1, 0.15) is 16.7 Å². The van der Waals surface area contributed by atoms with Gasteiger partial charge >= 0.3 is 5.63 Å². The number of carbonyl (C=O) groups is 1. The van der Waals surface area contributed by atoms with Crippen LogP contribution in [0.3, 0.4) is 0 Å². The zero-order valence-corrected chi connectivity index (χ0v) is 18.9. The fourth-order valence-corrected chi connectivity index (χ4v) is 5.25. The number of nitriles is 1. The Kier molecular flexibility index (Phi) is 4.50. The van der Waals surface area contributed by atoms with Crippen LogP contribution in [0.5, 0.6) is 5.75 Å². The number of amides is 1. The molecule has 2 aliphatic heterocycles. The van der Waals surface area contributed by atoms with E-state index in [1.165, 1.54) is 4.90 Å². The van der Waals surface area contributed by atoms with Crippen molar-refractivity contribution >= 4 is 34.2 Å². The van der Waals surface area contributed by atoms with Crippen molar-refractivity contribution < 1.29 is 13.9 Å². The number of hydrogen-bond acceptors (Lipinski definition) is 6. The first kappa shape index (κ1) is 21.0. The molecule has 1 aromatic heterocycles. The van der Waals surface area contributed by atoms with Gasteiger partial charge in [-0.15, -0.1) is 0 Å². The summed E-state index contributed by atoms with van der Waals surface area (Å²) in [4.78, 5) is 29.4. The highest BCUT2D eigenvalue weighted by atomic mass is 35.5. The molecule has 2 N–H and O–H groups in total. The molecule has 0 fully saturated rings. The SMILES string of the molecule is N#CC1=C(N)Oc2c(c(=O)oc3ccccc23)[C@@]12C(=O)N(Cc1ccccc1Cl)c1ccccc12. The average molecular weight is 482 g/mol. The highest BCUT2D eigenvalue weighted by molar-refractivity contribution is 6.31. The average Bonchev–Trinajstić information content (AvgIpc) is 3.09. The van der Waals surface area contributed by atoms with Gasteiger partial charge in [-0.05, 0) is 29.8 Å². The Hall–Kier alpha value is -4.54. The van der Waals surface area contributed by atoms with Crippen molar-refractivity contribution in [2.24, 2.45) is 5.73 Å². The van der Waals surface area contributed by atoms with Gasteiger partial charge in [0.1, 0.15) is 22.8 Å². The smallest absolute Gasteiger partial charge is 0.345 e. The third kappa shape index (κ3) is 2.71. The molecule has 2 aliphatic rings. The second-order valence-electron chi connectivity index (χ2n) is 8.29. The Bertz CT molecular complexity index is 1700. The highest BCUT2D eigenvalue weighted by Crippen LogP contribution is 2.55. The second-order valence-corrected chi connectivity index (χ2v) is 8.70. The minimum atomic E-state index is -1.82. The molecule has 0 bridgehead atoms. The van der Waals surface area contributed by atoms with Crippen LogP contribution in [-0.4, -0.2) is 5.91 Å². The predicted octanol–water partition coefficient (Wildman–Crippen LogP) is 4.37. The van der Waals surface area contributed by atoms with Crippen molar-refractivity contribution in [3.05, 3.63) is 116 Å². The van der Waals surface area contributed by atoms with Crippen LogP contribution in [0.15, 0.2) is 93.5 Å². The molecule has 3 aromatic carbocycles. The van der Waals surface area contributed by atoms with Crippen LogP contribution in [0.4, 0.5) is 5.69 Å². The van der Waals surface area contributed by atoms with Gasteiger partial charge in [-0.2, -0.15) is 5.26 Å². The fraction of sp³-hybridized carbons (Fsp3) is 0.0741. The van der Waals surface area contributed by atoms with Crippen LogP contribution >= 0.6 is 11.6 Å². The van der Waals surface area contributed by atoms with Gasteiger partial charge in [-0.25, -0.2) is 4.79 Å². The lowest BCUT2D eigenvalue weighted by molar-refractivity contribution is -0.121. The maximum absolute atomic E-state index is 14.4. The molecule has 0 radical (unpaired) electrons. The number of rotatable bonds is 2. The Morgan fingerprint density at radius 3 is 2.51 bits per heavy atom. The highest BCUT2D eigenvalue weighted by Gasteiger charge is 2.61. The standard InChI is InChI=1S/C27H16ClN3O4/c28-19-10-4-1-7-15(19)14-31-20-11-5-3-9-17(20)27(26(31)33)18(13-29)24(30)35-23-16-8-2-6-12-21(16)34-25(32)22(23)27/h1-12H,14,30H2/t27-/m0/s1. The topological polar surface area (TPSA) is 110 Å². The van der Waals surface area contributed by atoms with E-state index in [9.17, 15) is 14.9 Å². The van der Waals surface area contributed by atoms with Crippen molar-refractivity contribution in [2.75, 3.05) is 4.90 Å². The minimum absolute atomic E-state index is 0.0685. The Morgan fingerprint density at radius 2 is 1.71 bits per heavy atom. The summed E-state index contributed by atoms with van der Waals surface area (Å²) in [6.07, 6.45) is 0. The van der Waals surface area contributed by atoms with Crippen molar-refractivity contribution in [1.29, 1.82) is 5.26 Å². The molecule has 0 saturated heterocycles. The molecular weight excluding hydrogens is 466 g/mol. The van der Waals surface area contributed by atoms with Gasteiger partial charge in [0.05, 0.1) is 11.9 Å². The number of halogens is 1. The number of fused-ring (bicyclic) bond motifs is 6. The molecule has 35 heavy (non-hydrogen) atoms. The molecule has 1 atom stereocenters. The summed E-state index contributed by atoms with van der Waals surface area (Å²) < 4.78 is 11.4. The van der Waals surface area contributed by atoms with Crippen molar-refractivity contribution in [3.8, 4) is 11.8 Å². The second kappa shape index (κ2) is 7.49. The maximum Gasteiger partial charge on any atom is 0.345 e. The Balaban J connectivity index is 1.70. The van der Waals surface area contributed by atoms with Crippen molar-refractivity contribution in [3.63, 3.8) is 0 Å². The van der Waals surface area contributed by atoms with Gasteiger partial charge in [0.25, 0.3) is 0 Å². The van der Waals surface area contributed by atoms with Gasteiger partial charge in [-0.3, -0.25) is 4.79 Å². The molecule has 7 nitrogen and oxygen atoms in total. The molecular formula is C27H16ClN3O4. The number of carbonyl (C=O) groups excluding carboxylic acids is 1. The fourth-order valence-electron chi connectivity index (χ4n) is 5.05. The van der Waals surface area contributed by atoms with Crippen LogP contribution in [0.25, 0.3) is 11.0 Å². The van der Waals surface area contributed by atoms with E-state index in [1.807, 2.05) is 18.2 Å². The zero-order chi connectivity index (χ0) is 24.3. The number of anilines is 1. The molecule has 170 valence electrons. The van der Waals surface area contributed by atoms with E-state index in [-0.39, 0.29) is 34.9 Å². The summed E-state index contributed by atoms with van der Waals surface area (Å²) in [7, 11) is 0. The third-order valence-corrected chi connectivity index (χ3v) is 6.91. The van der Waals surface area contributed by atoms with E-state index in [4.69, 9.17) is 26.5 Å². The lowest BCUT2D eigenvalue weighted by Crippen LogP contribution is -2.48. The van der Waals surface area contributed by atoms with E-state index in [0.29, 0.717) is 27.2 Å². The molecule has 0 unspecified atom stereocenters. The molecule has 8 heteroatoms. The predicted molar refractivity (Wildman–Crippen MR) is 130 cm³/mol. The van der Waals surface area contributed by atoms with Crippen molar-refractivity contribution in [2.45, 2.75) is 12.0 Å². The van der Waals surface area contributed by atoms with Crippen LogP contribution in [-0.2, 0) is 16.8 Å². The first-order chi connectivity index (χ1) is 17.0. The number of benzene rings is 3. The number of nitrogens with zero attached hydrogens (tertiary/aromatic N) is 2. The normalized spacial score (nSPS) is 18.4. The van der Waals surface area contributed by atoms with Gasteiger partial charge in [0.2, 0.25) is 11.8 Å². The summed E-state index contributed by atoms with van der Waals surface area (Å²) in [6.45, 7) is 0.130. The molecule has 3 heterocycles. The van der Waals surface area contributed by atoms with Gasteiger partial charge in [0.15, 0.2) is 11.2 Å². The number of hydrogen-bond donors (Lipinski definition) is 1. The first-order valence-corrected chi connectivity index (χ1v) is 11.2. The third-order valence-electron chi connectivity index (χ3n) is 6.54.